The highest BCUT2D eigenvalue weighted by atomic mass is 16.5. The molecule has 9 heteroatoms. The van der Waals surface area contributed by atoms with E-state index < -0.39 is 0 Å². The van der Waals surface area contributed by atoms with Gasteiger partial charge in [0.15, 0.2) is 0 Å². The SMILES string of the molecule is CCC(=O)CCCCC[C@H]1NC(=O)[C@H]2CC23CCN(CCCOCCCn2ccc4cc(ccc4c2=O)-c2cnc1[nH]2)CC3. The fraction of sp³-hybridized carbons (Fsp3) is 0.600. The van der Waals surface area contributed by atoms with Crippen molar-refractivity contribution in [3.05, 3.63) is 52.8 Å². The van der Waals surface area contributed by atoms with Crippen LogP contribution < -0.4 is 10.9 Å². The molecule has 2 atom stereocenters. The van der Waals surface area contributed by atoms with Gasteiger partial charge in [0.05, 0.1) is 17.9 Å². The summed E-state index contributed by atoms with van der Waals surface area (Å²) >= 11 is 0. The number of aryl methyl sites for hydroxylation is 1. The number of carbonyl (C=O) groups is 2. The number of benzene rings is 1. The van der Waals surface area contributed by atoms with E-state index in [1.807, 2.05) is 43.6 Å². The van der Waals surface area contributed by atoms with Crippen molar-refractivity contribution < 1.29 is 14.3 Å². The number of nitrogens with one attached hydrogen (secondary N) is 2. The summed E-state index contributed by atoms with van der Waals surface area (Å²) in [6.45, 7) is 7.02. The molecule has 10 rings (SSSR count). The van der Waals surface area contributed by atoms with Crippen LogP contribution in [0.25, 0.3) is 22.0 Å². The van der Waals surface area contributed by atoms with Gasteiger partial charge in [0, 0.05) is 62.2 Å². The van der Waals surface area contributed by atoms with Crippen LogP contribution in [0.15, 0.2) is 41.5 Å². The third-order valence-electron chi connectivity index (χ3n) is 10.2. The van der Waals surface area contributed by atoms with E-state index in [2.05, 4.69) is 15.2 Å². The molecule has 236 valence electrons. The van der Waals surface area contributed by atoms with E-state index in [0.29, 0.717) is 37.2 Å². The van der Waals surface area contributed by atoms with Crippen molar-refractivity contribution >= 4 is 22.5 Å². The van der Waals surface area contributed by atoms with Gasteiger partial charge < -0.3 is 24.5 Å². The minimum Gasteiger partial charge on any atom is -0.381 e. The van der Waals surface area contributed by atoms with Gasteiger partial charge in [0.25, 0.3) is 5.56 Å². The van der Waals surface area contributed by atoms with E-state index >= 15 is 0 Å². The normalized spacial score (nSPS) is 26.0. The Bertz CT molecular complexity index is 1520. The Morgan fingerprint density at radius 1 is 1.05 bits per heavy atom. The second kappa shape index (κ2) is 13.8. The molecule has 1 spiro atoms. The third-order valence-corrected chi connectivity index (χ3v) is 10.2. The van der Waals surface area contributed by atoms with E-state index in [1.54, 1.807) is 4.57 Å². The van der Waals surface area contributed by atoms with Gasteiger partial charge in [-0.25, -0.2) is 4.98 Å². The van der Waals surface area contributed by atoms with Crippen molar-refractivity contribution in [2.24, 2.45) is 11.3 Å². The highest BCUT2D eigenvalue weighted by Crippen LogP contribution is 2.59. The number of hydrogen-bond acceptors (Lipinski definition) is 6. The summed E-state index contributed by atoms with van der Waals surface area (Å²) in [5.41, 5.74) is 1.97. The van der Waals surface area contributed by atoms with Crippen molar-refractivity contribution in [2.45, 2.75) is 90.1 Å². The number of aromatic nitrogens is 3. The molecule has 2 fully saturated rings. The molecule has 1 amide bonds. The van der Waals surface area contributed by atoms with Crippen molar-refractivity contribution in [3.8, 4) is 11.3 Å². The van der Waals surface area contributed by atoms with Crippen LogP contribution in [0.5, 0.6) is 0 Å². The number of aromatic amines is 1. The Morgan fingerprint density at radius 3 is 2.68 bits per heavy atom. The first kappa shape index (κ1) is 30.7. The first-order valence-electron chi connectivity index (χ1n) is 16.8. The summed E-state index contributed by atoms with van der Waals surface area (Å²) < 4.78 is 7.68. The molecule has 0 radical (unpaired) electrons. The molecule has 8 bridgehead atoms. The average Bonchev–Trinajstić information content (AvgIpc) is 3.51. The molecule has 0 unspecified atom stereocenters. The summed E-state index contributed by atoms with van der Waals surface area (Å²) in [4.78, 5) is 49.3. The number of unbranched alkanes of at least 4 members (excludes halogenated alkanes) is 2. The number of amides is 1. The van der Waals surface area contributed by atoms with Gasteiger partial charge in [-0.15, -0.1) is 0 Å². The van der Waals surface area contributed by atoms with Gasteiger partial charge in [0.2, 0.25) is 5.91 Å². The van der Waals surface area contributed by atoms with Crippen molar-refractivity contribution in [1.29, 1.82) is 0 Å². The maximum Gasteiger partial charge on any atom is 0.258 e. The molecule has 1 aliphatic carbocycles. The molecular formula is C35H47N5O4. The number of piperidine rings is 1. The van der Waals surface area contributed by atoms with Gasteiger partial charge >= 0.3 is 0 Å². The molecule has 44 heavy (non-hydrogen) atoms. The predicted molar refractivity (Wildman–Crippen MR) is 171 cm³/mol. The summed E-state index contributed by atoms with van der Waals surface area (Å²) in [5, 5.41) is 4.96. The lowest BCUT2D eigenvalue weighted by molar-refractivity contribution is -0.124. The van der Waals surface area contributed by atoms with Gasteiger partial charge in [-0.2, -0.15) is 0 Å². The zero-order valence-electron chi connectivity index (χ0n) is 26.1. The van der Waals surface area contributed by atoms with Crippen LogP contribution >= 0.6 is 0 Å². The molecule has 3 aromatic rings. The first-order valence-corrected chi connectivity index (χ1v) is 16.8. The number of H-pyrrole nitrogens is 1. The summed E-state index contributed by atoms with van der Waals surface area (Å²) in [6, 6.07) is 7.67. The second-order valence-corrected chi connectivity index (χ2v) is 13.1. The number of carbonyl (C=O) groups excluding carboxylic acids is 2. The van der Waals surface area contributed by atoms with Crippen LogP contribution in [0.1, 0.15) is 89.4 Å². The number of nitrogens with zero attached hydrogens (tertiary/aromatic N) is 3. The van der Waals surface area contributed by atoms with Crippen LogP contribution in [0.2, 0.25) is 0 Å². The van der Waals surface area contributed by atoms with Gasteiger partial charge in [0.1, 0.15) is 11.6 Å². The topological polar surface area (TPSA) is 109 Å². The number of ether oxygens (including phenoxy) is 1. The van der Waals surface area contributed by atoms with Crippen molar-refractivity contribution in [3.63, 3.8) is 0 Å². The lowest BCUT2D eigenvalue weighted by Gasteiger charge is -2.33. The Hall–Kier alpha value is -3.30. The lowest BCUT2D eigenvalue weighted by atomic mass is 9.90. The van der Waals surface area contributed by atoms with Crippen LogP contribution in [0.4, 0.5) is 0 Å². The lowest BCUT2D eigenvalue weighted by Crippen LogP contribution is -2.38. The van der Waals surface area contributed by atoms with E-state index in [4.69, 9.17) is 9.72 Å². The van der Waals surface area contributed by atoms with Crippen LogP contribution in [-0.2, 0) is 20.9 Å². The Morgan fingerprint density at radius 2 is 1.86 bits per heavy atom. The Kier molecular flexibility index (Phi) is 9.62. The third kappa shape index (κ3) is 6.99. The van der Waals surface area contributed by atoms with E-state index in [-0.39, 0.29) is 28.8 Å². The highest BCUT2D eigenvalue weighted by molar-refractivity contribution is 5.86. The summed E-state index contributed by atoms with van der Waals surface area (Å²) in [5.74, 6) is 1.28. The molecule has 7 aliphatic rings. The maximum atomic E-state index is 13.6. The molecule has 9 nitrogen and oxygen atoms in total. The average molecular weight is 602 g/mol. The van der Waals surface area contributed by atoms with Crippen molar-refractivity contribution in [1.82, 2.24) is 24.8 Å². The minimum atomic E-state index is -0.214. The molecular weight excluding hydrogens is 554 g/mol. The number of rotatable bonds is 7. The zero-order valence-corrected chi connectivity index (χ0v) is 26.1. The van der Waals surface area contributed by atoms with Gasteiger partial charge in [-0.1, -0.05) is 25.8 Å². The highest BCUT2D eigenvalue weighted by Gasteiger charge is 2.58. The summed E-state index contributed by atoms with van der Waals surface area (Å²) in [6.07, 6.45) is 13.3. The zero-order chi connectivity index (χ0) is 30.5. The monoisotopic (exact) mass is 601 g/mol. The van der Waals surface area contributed by atoms with Gasteiger partial charge in [-0.05, 0) is 87.0 Å². The van der Waals surface area contributed by atoms with E-state index in [9.17, 15) is 14.4 Å². The van der Waals surface area contributed by atoms with Crippen LogP contribution in [0.3, 0.4) is 0 Å². The minimum absolute atomic E-state index is 0.0125. The van der Waals surface area contributed by atoms with Crippen molar-refractivity contribution in [2.75, 3.05) is 32.8 Å². The molecule has 1 saturated heterocycles. The quantitative estimate of drug-likeness (QED) is 0.352. The standard InChI is InChI=1S/C35H47N5O4/c1-2-27(41)8-4-3-5-9-30-32-36-24-31(37-32)26-10-11-28-25(22-26)12-17-40(34(28)43)16-7-21-44-20-6-15-39-18-13-35(14-19-39)23-29(35)33(42)38-30/h10-12,17,22,24,29-30H,2-9,13-16,18-21,23H2,1H3,(H,36,37)(H,38,42)/t29-,30-/m1/s1. The smallest absolute Gasteiger partial charge is 0.258 e. The molecule has 6 aliphatic heterocycles. The number of hydrogen-bond donors (Lipinski definition) is 2. The fourth-order valence-electron chi connectivity index (χ4n) is 7.19. The predicted octanol–water partition coefficient (Wildman–Crippen LogP) is 5.39. The van der Waals surface area contributed by atoms with Crippen LogP contribution in [0, 0.1) is 11.3 Å². The molecule has 1 aromatic carbocycles. The van der Waals surface area contributed by atoms with E-state index in [1.165, 1.54) is 0 Å². The summed E-state index contributed by atoms with van der Waals surface area (Å²) in [7, 11) is 0. The van der Waals surface area contributed by atoms with Crippen LogP contribution in [-0.4, -0.2) is 64.0 Å². The number of ketones is 1. The maximum absolute atomic E-state index is 13.6. The first-order chi connectivity index (χ1) is 21.5. The molecule has 1 saturated carbocycles. The number of Topliss-reactive ketones (excluding diaryl/α,β-unsaturated/α-hetero) is 1. The molecule has 2 aromatic heterocycles. The molecule has 2 N–H and O–H groups in total. The number of imidazole rings is 1. The fourth-order valence-corrected chi connectivity index (χ4v) is 7.19. The van der Waals surface area contributed by atoms with Gasteiger partial charge in [-0.3, -0.25) is 14.4 Å². The number of pyridine rings is 1. The Labute approximate surface area is 259 Å². The largest absolute Gasteiger partial charge is 0.381 e. The van der Waals surface area contributed by atoms with E-state index in [0.717, 1.165) is 106 Å². The Balaban J connectivity index is 1.23. The second-order valence-electron chi connectivity index (χ2n) is 13.1. The molecule has 8 heterocycles.